The van der Waals surface area contributed by atoms with Gasteiger partial charge in [-0.05, 0) is 30.6 Å². The fourth-order valence-electron chi connectivity index (χ4n) is 2.02. The van der Waals surface area contributed by atoms with Crippen LogP contribution in [0.2, 0.25) is 0 Å². The number of Topliss-reactive ketones (excluding diaryl/α,β-unsaturated/α-hetero) is 1. The largest absolute Gasteiger partial charge is 0.299 e. The van der Waals surface area contributed by atoms with Crippen molar-refractivity contribution >= 4 is 5.78 Å². The van der Waals surface area contributed by atoms with Gasteiger partial charge in [0, 0.05) is 12.3 Å². The van der Waals surface area contributed by atoms with Crippen molar-refractivity contribution in [3.8, 4) is 0 Å². The molecule has 0 N–H and O–H groups in total. The maximum atomic E-state index is 11.4. The highest BCUT2D eigenvalue weighted by molar-refractivity contribution is 5.80. The van der Waals surface area contributed by atoms with E-state index in [1.807, 2.05) is 13.8 Å². The highest BCUT2D eigenvalue weighted by Crippen LogP contribution is 2.40. The third-order valence-electron chi connectivity index (χ3n) is 3.35. The first kappa shape index (κ1) is 10.7. The first-order chi connectivity index (χ1) is 6.00. The Labute approximate surface area is 81.9 Å². The van der Waals surface area contributed by atoms with Crippen molar-refractivity contribution in [1.29, 1.82) is 0 Å². The van der Waals surface area contributed by atoms with Gasteiger partial charge in [-0.1, -0.05) is 27.7 Å². The van der Waals surface area contributed by atoms with E-state index in [0.717, 1.165) is 18.3 Å². The summed E-state index contributed by atoms with van der Waals surface area (Å²) < 4.78 is 0. The third-order valence-corrected chi connectivity index (χ3v) is 3.35. The van der Waals surface area contributed by atoms with E-state index < -0.39 is 0 Å². The van der Waals surface area contributed by atoms with Crippen molar-refractivity contribution in [3.63, 3.8) is 0 Å². The molecule has 0 spiro atoms. The van der Waals surface area contributed by atoms with Crippen molar-refractivity contribution in [2.24, 2.45) is 23.7 Å². The molecule has 1 heteroatoms. The summed E-state index contributed by atoms with van der Waals surface area (Å²) in [6, 6.07) is 0. The normalized spacial score (nSPS) is 27.8. The average Bonchev–Trinajstić information content (AvgIpc) is 1.94. The molecule has 1 nitrogen and oxygen atoms in total. The molecule has 1 saturated carbocycles. The molecule has 0 aromatic carbocycles. The van der Waals surface area contributed by atoms with Crippen LogP contribution in [0.25, 0.3) is 0 Å². The van der Waals surface area contributed by atoms with Gasteiger partial charge in [0.25, 0.3) is 0 Å². The summed E-state index contributed by atoms with van der Waals surface area (Å²) in [6.07, 6.45) is 3.41. The second-order valence-corrected chi connectivity index (χ2v) is 5.17. The quantitative estimate of drug-likeness (QED) is 0.652. The molecule has 13 heavy (non-hydrogen) atoms. The molecule has 1 aliphatic rings. The molecular formula is C12H22O. The number of ketones is 1. The molecule has 0 radical (unpaired) electrons. The van der Waals surface area contributed by atoms with Crippen molar-refractivity contribution in [3.05, 3.63) is 0 Å². The lowest BCUT2D eigenvalue weighted by molar-refractivity contribution is -0.124. The maximum Gasteiger partial charge on any atom is 0.135 e. The number of rotatable bonds is 4. The van der Waals surface area contributed by atoms with E-state index in [1.54, 1.807) is 0 Å². The Hall–Kier alpha value is -0.330. The predicted octanol–water partition coefficient (Wildman–Crippen LogP) is 3.28. The molecule has 0 bridgehead atoms. The number of hydrogen-bond donors (Lipinski definition) is 0. The molecule has 0 heterocycles. The van der Waals surface area contributed by atoms with Crippen molar-refractivity contribution < 1.29 is 4.79 Å². The maximum absolute atomic E-state index is 11.4. The van der Waals surface area contributed by atoms with Crippen molar-refractivity contribution in [1.82, 2.24) is 0 Å². The van der Waals surface area contributed by atoms with Crippen LogP contribution in [0.3, 0.4) is 0 Å². The van der Waals surface area contributed by atoms with Gasteiger partial charge in [0.2, 0.25) is 0 Å². The first-order valence-corrected chi connectivity index (χ1v) is 5.53. The summed E-state index contributed by atoms with van der Waals surface area (Å²) in [5.41, 5.74) is 0. The van der Waals surface area contributed by atoms with Gasteiger partial charge in [-0.3, -0.25) is 4.79 Å². The fourth-order valence-corrected chi connectivity index (χ4v) is 2.02. The fraction of sp³-hybridized carbons (Fsp3) is 0.917. The second-order valence-electron chi connectivity index (χ2n) is 5.17. The number of carbonyl (C=O) groups excluding carboxylic acids is 1. The Morgan fingerprint density at radius 3 is 2.15 bits per heavy atom. The van der Waals surface area contributed by atoms with Crippen LogP contribution in [-0.2, 0) is 4.79 Å². The summed E-state index contributed by atoms with van der Waals surface area (Å²) >= 11 is 0. The minimum absolute atomic E-state index is 0.234. The van der Waals surface area contributed by atoms with E-state index in [1.165, 1.54) is 12.8 Å². The van der Waals surface area contributed by atoms with Gasteiger partial charge in [-0.2, -0.15) is 0 Å². The Bertz CT molecular complexity index is 176. The van der Waals surface area contributed by atoms with Gasteiger partial charge < -0.3 is 0 Å². The zero-order valence-electron chi connectivity index (χ0n) is 9.34. The van der Waals surface area contributed by atoms with Gasteiger partial charge in [0.1, 0.15) is 5.78 Å². The van der Waals surface area contributed by atoms with Crippen molar-refractivity contribution in [2.45, 2.75) is 47.0 Å². The Kier molecular flexibility index (Phi) is 3.52. The van der Waals surface area contributed by atoms with Crippen LogP contribution < -0.4 is 0 Å². The van der Waals surface area contributed by atoms with Crippen LogP contribution in [0.15, 0.2) is 0 Å². The molecule has 0 atom stereocenters. The molecule has 1 fully saturated rings. The van der Waals surface area contributed by atoms with Crippen LogP contribution in [0, 0.1) is 23.7 Å². The minimum Gasteiger partial charge on any atom is -0.299 e. The average molecular weight is 182 g/mol. The smallest absolute Gasteiger partial charge is 0.135 e. The van der Waals surface area contributed by atoms with Gasteiger partial charge in [-0.15, -0.1) is 0 Å². The highest BCUT2D eigenvalue weighted by Gasteiger charge is 2.32. The van der Waals surface area contributed by atoms with Gasteiger partial charge >= 0.3 is 0 Å². The van der Waals surface area contributed by atoms with E-state index >= 15 is 0 Å². The summed E-state index contributed by atoms with van der Waals surface area (Å²) in [5, 5.41) is 0. The van der Waals surface area contributed by atoms with Gasteiger partial charge in [-0.25, -0.2) is 0 Å². The molecule has 0 aromatic heterocycles. The molecule has 0 amide bonds. The van der Waals surface area contributed by atoms with E-state index in [9.17, 15) is 4.79 Å². The molecule has 0 unspecified atom stereocenters. The third kappa shape index (κ3) is 2.82. The number of hydrogen-bond acceptors (Lipinski definition) is 1. The topological polar surface area (TPSA) is 17.1 Å². The molecular weight excluding hydrogens is 160 g/mol. The van der Waals surface area contributed by atoms with Crippen molar-refractivity contribution in [2.75, 3.05) is 0 Å². The zero-order chi connectivity index (χ0) is 10.0. The second kappa shape index (κ2) is 4.26. The number of carbonyl (C=O) groups is 1. The Balaban J connectivity index is 2.18. The van der Waals surface area contributed by atoms with E-state index in [4.69, 9.17) is 0 Å². The molecule has 76 valence electrons. The lowest BCUT2D eigenvalue weighted by Gasteiger charge is -2.38. The Morgan fingerprint density at radius 1 is 1.23 bits per heavy atom. The molecule has 0 aromatic rings. The van der Waals surface area contributed by atoms with E-state index in [0.29, 0.717) is 11.7 Å². The van der Waals surface area contributed by atoms with Crippen LogP contribution in [0.1, 0.15) is 47.0 Å². The SMILES string of the molecule is CC(C)C(=O)CC1CC(C(C)C)C1. The summed E-state index contributed by atoms with van der Waals surface area (Å²) in [5.74, 6) is 3.10. The molecule has 1 rings (SSSR count). The zero-order valence-corrected chi connectivity index (χ0v) is 9.34. The highest BCUT2D eigenvalue weighted by atomic mass is 16.1. The van der Waals surface area contributed by atoms with Crippen LogP contribution in [-0.4, -0.2) is 5.78 Å². The van der Waals surface area contributed by atoms with Crippen LogP contribution in [0.5, 0.6) is 0 Å². The summed E-state index contributed by atoms with van der Waals surface area (Å²) in [7, 11) is 0. The molecule has 1 aliphatic carbocycles. The van der Waals surface area contributed by atoms with Gasteiger partial charge in [0.05, 0.1) is 0 Å². The van der Waals surface area contributed by atoms with Crippen LogP contribution in [0.4, 0.5) is 0 Å². The van der Waals surface area contributed by atoms with E-state index in [2.05, 4.69) is 13.8 Å². The molecule has 0 aliphatic heterocycles. The van der Waals surface area contributed by atoms with Crippen LogP contribution >= 0.6 is 0 Å². The van der Waals surface area contributed by atoms with Gasteiger partial charge in [0.15, 0.2) is 0 Å². The first-order valence-electron chi connectivity index (χ1n) is 5.53. The monoisotopic (exact) mass is 182 g/mol. The lowest BCUT2D eigenvalue weighted by Crippen LogP contribution is -2.30. The minimum atomic E-state index is 0.234. The van der Waals surface area contributed by atoms with E-state index in [-0.39, 0.29) is 5.92 Å². The predicted molar refractivity (Wildman–Crippen MR) is 55.5 cm³/mol. The standard InChI is InChI=1S/C12H22O/c1-8(2)11-5-10(6-11)7-12(13)9(3)4/h8-11H,5-7H2,1-4H3. The Morgan fingerprint density at radius 2 is 1.77 bits per heavy atom. The lowest BCUT2D eigenvalue weighted by atomic mass is 9.67. The summed E-state index contributed by atoms with van der Waals surface area (Å²) in [6.45, 7) is 8.57. The summed E-state index contributed by atoms with van der Waals surface area (Å²) in [4.78, 5) is 11.4. The molecule has 0 saturated heterocycles.